The summed E-state index contributed by atoms with van der Waals surface area (Å²) in [6.45, 7) is 0. The Balaban J connectivity index is 2.09. The van der Waals surface area contributed by atoms with Gasteiger partial charge in [0.25, 0.3) is 0 Å². The lowest BCUT2D eigenvalue weighted by atomic mass is 9.81. The molecule has 2 aliphatic carbocycles. The van der Waals surface area contributed by atoms with E-state index in [1.54, 1.807) is 5.92 Å². The summed E-state index contributed by atoms with van der Waals surface area (Å²) in [6, 6.07) is 0. The highest BCUT2D eigenvalue weighted by atomic mass is 32.1. The standard InChI is InChI=1S/C12H15S/c13-12-9-5-4-8-11(12)10-6-2-1-3-7-10/h4-5,8H,1-3,6-7,9H2. The average Bonchev–Trinajstić information content (AvgIpc) is 2.20. The summed E-state index contributed by atoms with van der Waals surface area (Å²) in [5.41, 5.74) is 1.39. The molecule has 69 valence electrons. The molecule has 0 unspecified atom stereocenters. The normalized spacial score (nSPS) is 24.6. The van der Waals surface area contributed by atoms with Gasteiger partial charge in [0.15, 0.2) is 0 Å². The van der Waals surface area contributed by atoms with Gasteiger partial charge in [-0.3, -0.25) is 0 Å². The highest BCUT2D eigenvalue weighted by Crippen LogP contribution is 2.34. The van der Waals surface area contributed by atoms with Crippen LogP contribution in [0.2, 0.25) is 0 Å². The van der Waals surface area contributed by atoms with Crippen molar-refractivity contribution in [2.75, 3.05) is 0 Å². The maximum Gasteiger partial charge on any atom is 0.0227 e. The van der Waals surface area contributed by atoms with Crippen LogP contribution in [0.25, 0.3) is 0 Å². The van der Waals surface area contributed by atoms with Crippen LogP contribution < -0.4 is 0 Å². The summed E-state index contributed by atoms with van der Waals surface area (Å²) in [7, 11) is 0. The van der Waals surface area contributed by atoms with Crippen molar-refractivity contribution in [1.82, 2.24) is 0 Å². The highest BCUT2D eigenvalue weighted by molar-refractivity contribution is 7.80. The molecule has 0 aromatic carbocycles. The summed E-state index contributed by atoms with van der Waals surface area (Å²) in [6.07, 6.45) is 14.1. The Kier molecular flexibility index (Phi) is 2.94. The summed E-state index contributed by atoms with van der Waals surface area (Å²) in [4.78, 5) is 1.15. The van der Waals surface area contributed by atoms with Crippen LogP contribution in [0.15, 0.2) is 23.8 Å². The zero-order valence-electron chi connectivity index (χ0n) is 7.88. The largest absolute Gasteiger partial charge is 0.0843 e. The Labute approximate surface area is 85.7 Å². The lowest BCUT2D eigenvalue weighted by molar-refractivity contribution is 0.552. The van der Waals surface area contributed by atoms with Crippen LogP contribution in [0.5, 0.6) is 0 Å². The van der Waals surface area contributed by atoms with Crippen molar-refractivity contribution in [1.29, 1.82) is 0 Å². The van der Waals surface area contributed by atoms with Gasteiger partial charge in [-0.25, -0.2) is 0 Å². The van der Waals surface area contributed by atoms with Gasteiger partial charge < -0.3 is 0 Å². The molecule has 2 rings (SSSR count). The molecular weight excluding hydrogens is 176 g/mol. The summed E-state index contributed by atoms with van der Waals surface area (Å²) < 4.78 is 0. The molecule has 0 atom stereocenters. The third-order valence-electron chi connectivity index (χ3n) is 2.84. The highest BCUT2D eigenvalue weighted by Gasteiger charge is 2.21. The number of rotatable bonds is 1. The molecule has 13 heavy (non-hydrogen) atoms. The van der Waals surface area contributed by atoms with Crippen molar-refractivity contribution < 1.29 is 0 Å². The van der Waals surface area contributed by atoms with E-state index >= 15 is 0 Å². The lowest BCUT2D eigenvalue weighted by Crippen LogP contribution is -2.14. The molecule has 1 radical (unpaired) electrons. The van der Waals surface area contributed by atoms with Crippen LogP contribution in [-0.4, -0.2) is 4.86 Å². The molecule has 0 aromatic heterocycles. The Bertz CT molecular complexity index is 254. The van der Waals surface area contributed by atoms with Gasteiger partial charge in [-0.2, -0.15) is 0 Å². The Morgan fingerprint density at radius 3 is 2.54 bits per heavy atom. The Hall–Kier alpha value is -0.430. The van der Waals surface area contributed by atoms with Crippen LogP contribution in [0.4, 0.5) is 0 Å². The minimum Gasteiger partial charge on any atom is -0.0843 e. The van der Waals surface area contributed by atoms with Gasteiger partial charge in [0.05, 0.1) is 0 Å². The monoisotopic (exact) mass is 191 g/mol. The van der Waals surface area contributed by atoms with Crippen LogP contribution in [0.3, 0.4) is 0 Å². The van der Waals surface area contributed by atoms with Gasteiger partial charge in [0.1, 0.15) is 0 Å². The average molecular weight is 191 g/mol. The van der Waals surface area contributed by atoms with Gasteiger partial charge in [-0.15, -0.1) is 0 Å². The predicted molar refractivity (Wildman–Crippen MR) is 60.8 cm³/mol. The lowest BCUT2D eigenvalue weighted by Gasteiger charge is -2.25. The molecule has 2 aliphatic rings. The molecule has 1 saturated carbocycles. The van der Waals surface area contributed by atoms with Crippen molar-refractivity contribution >= 4 is 17.1 Å². The first-order valence-corrected chi connectivity index (χ1v) is 5.54. The molecule has 0 aliphatic heterocycles. The summed E-state index contributed by atoms with van der Waals surface area (Å²) >= 11 is 5.37. The summed E-state index contributed by atoms with van der Waals surface area (Å²) in [5, 5.41) is 0. The molecule has 1 fully saturated rings. The number of hydrogen-bond acceptors (Lipinski definition) is 1. The zero-order chi connectivity index (χ0) is 9.10. The van der Waals surface area contributed by atoms with E-state index in [1.807, 2.05) is 0 Å². The second-order valence-corrected chi connectivity index (χ2v) is 4.29. The van der Waals surface area contributed by atoms with Crippen molar-refractivity contribution in [3.8, 4) is 0 Å². The molecule has 0 bridgehead atoms. The van der Waals surface area contributed by atoms with Gasteiger partial charge in [0, 0.05) is 17.2 Å². The van der Waals surface area contributed by atoms with E-state index < -0.39 is 0 Å². The zero-order valence-corrected chi connectivity index (χ0v) is 8.70. The topological polar surface area (TPSA) is 0 Å². The number of allylic oxidation sites excluding steroid dienone is 4. The van der Waals surface area contributed by atoms with E-state index in [2.05, 4.69) is 18.2 Å². The predicted octanol–water partition coefficient (Wildman–Crippen LogP) is 3.78. The number of thiocarbonyl (C=S) groups is 1. The van der Waals surface area contributed by atoms with Crippen LogP contribution >= 0.6 is 12.2 Å². The van der Waals surface area contributed by atoms with Crippen molar-refractivity contribution in [2.45, 2.75) is 38.5 Å². The molecule has 0 heterocycles. The molecule has 0 N–H and O–H groups in total. The van der Waals surface area contributed by atoms with Gasteiger partial charge in [-0.05, 0) is 18.4 Å². The minimum atomic E-state index is 0.977. The van der Waals surface area contributed by atoms with E-state index in [9.17, 15) is 0 Å². The van der Waals surface area contributed by atoms with E-state index in [-0.39, 0.29) is 0 Å². The number of hydrogen-bond donors (Lipinski definition) is 0. The first-order valence-electron chi connectivity index (χ1n) is 5.13. The molecule has 0 aromatic rings. The fourth-order valence-corrected chi connectivity index (χ4v) is 2.41. The van der Waals surface area contributed by atoms with Crippen molar-refractivity contribution in [2.24, 2.45) is 0 Å². The van der Waals surface area contributed by atoms with Crippen molar-refractivity contribution in [3.63, 3.8) is 0 Å². The van der Waals surface area contributed by atoms with E-state index in [1.165, 1.54) is 37.7 Å². The van der Waals surface area contributed by atoms with E-state index in [4.69, 9.17) is 12.2 Å². The van der Waals surface area contributed by atoms with Gasteiger partial charge in [0.2, 0.25) is 0 Å². The van der Waals surface area contributed by atoms with Crippen molar-refractivity contribution in [3.05, 3.63) is 29.7 Å². The van der Waals surface area contributed by atoms with Crippen LogP contribution in [-0.2, 0) is 0 Å². The maximum absolute atomic E-state index is 5.37. The molecule has 0 saturated heterocycles. The molecule has 1 heteroatoms. The third-order valence-corrected chi connectivity index (χ3v) is 3.23. The smallest absolute Gasteiger partial charge is 0.0227 e. The maximum atomic E-state index is 5.37. The second-order valence-electron chi connectivity index (χ2n) is 3.80. The summed E-state index contributed by atoms with van der Waals surface area (Å²) in [5.74, 6) is 1.61. The van der Waals surface area contributed by atoms with Crippen LogP contribution in [0.1, 0.15) is 38.5 Å². The molecule has 0 amide bonds. The molecule has 0 nitrogen and oxygen atoms in total. The minimum absolute atomic E-state index is 0.977. The Morgan fingerprint density at radius 1 is 1.08 bits per heavy atom. The second kappa shape index (κ2) is 4.19. The SMILES string of the molecule is S=C1CC=CC=C1[C]1CCCCC1. The first-order chi connectivity index (χ1) is 6.38. The molecular formula is C12H15S. The van der Waals surface area contributed by atoms with E-state index in [0.29, 0.717) is 0 Å². The van der Waals surface area contributed by atoms with E-state index in [0.717, 1.165) is 11.3 Å². The van der Waals surface area contributed by atoms with Crippen LogP contribution in [0, 0.1) is 5.92 Å². The fraction of sp³-hybridized carbons (Fsp3) is 0.500. The first kappa shape index (κ1) is 9.14. The molecule has 0 spiro atoms. The fourth-order valence-electron chi connectivity index (χ4n) is 2.11. The van der Waals surface area contributed by atoms with Gasteiger partial charge in [-0.1, -0.05) is 49.7 Å². The quantitative estimate of drug-likeness (QED) is 0.568. The third kappa shape index (κ3) is 2.08. The Morgan fingerprint density at radius 2 is 1.85 bits per heavy atom. The van der Waals surface area contributed by atoms with Gasteiger partial charge >= 0.3 is 0 Å².